The number of hydrogen-bond acceptors (Lipinski definition) is 11. The number of aliphatic hydroxyl groups excluding tert-OH is 1. The Hall–Kier alpha value is -3.65. The van der Waals surface area contributed by atoms with Gasteiger partial charge >= 0.3 is 11.9 Å². The number of fused-ring (bicyclic) bond motifs is 2. The summed E-state index contributed by atoms with van der Waals surface area (Å²) in [6.45, 7) is 9.97. The number of esters is 2. The second-order valence-electron chi connectivity index (χ2n) is 17.9. The molecule has 11 atom stereocenters. The van der Waals surface area contributed by atoms with E-state index in [9.17, 15) is 24.6 Å². The van der Waals surface area contributed by atoms with E-state index in [-0.39, 0.29) is 43.2 Å². The van der Waals surface area contributed by atoms with Gasteiger partial charge in [-0.25, -0.2) is 0 Å². The smallest absolute Gasteiger partial charge is 0.317 e. The molecule has 3 saturated heterocycles. The van der Waals surface area contributed by atoms with Crippen LogP contribution in [0.5, 0.6) is 0 Å². The fourth-order valence-corrected chi connectivity index (χ4v) is 10.4. The molecule has 2 aliphatic carbocycles. The van der Waals surface area contributed by atoms with Crippen molar-refractivity contribution in [3.05, 3.63) is 76.9 Å². The van der Waals surface area contributed by atoms with E-state index in [1.165, 1.54) is 7.11 Å². The van der Waals surface area contributed by atoms with Gasteiger partial charge < -0.3 is 44.0 Å². The van der Waals surface area contributed by atoms with Crippen molar-refractivity contribution in [2.24, 2.45) is 17.8 Å². The summed E-state index contributed by atoms with van der Waals surface area (Å²) in [5, 5.41) is 26.4. The van der Waals surface area contributed by atoms with Crippen LogP contribution in [0.1, 0.15) is 104 Å². The van der Waals surface area contributed by atoms with E-state index in [1.54, 1.807) is 25.2 Å². The van der Waals surface area contributed by atoms with Crippen molar-refractivity contribution in [3.63, 3.8) is 0 Å². The van der Waals surface area contributed by atoms with Crippen molar-refractivity contribution in [2.75, 3.05) is 25.6 Å². The van der Waals surface area contributed by atoms with Crippen LogP contribution >= 0.6 is 0 Å². The van der Waals surface area contributed by atoms with Gasteiger partial charge in [0.15, 0.2) is 5.79 Å². The Bertz CT molecular complexity index is 1850. The van der Waals surface area contributed by atoms with Gasteiger partial charge in [0.05, 0.1) is 24.2 Å². The van der Waals surface area contributed by atoms with Crippen LogP contribution in [-0.4, -0.2) is 96.4 Å². The van der Waals surface area contributed by atoms with Crippen molar-refractivity contribution in [2.45, 2.75) is 152 Å². The number of nitrogens with one attached hydrogen (secondary N) is 1. The molecule has 4 fully saturated rings. The van der Waals surface area contributed by atoms with Gasteiger partial charge in [-0.2, -0.15) is 0 Å². The molecule has 12 nitrogen and oxygen atoms in total. The SMILES string of the molecule is CC[C@H]1O[C@]2(CC[C@@H]1C)C[C@@H]1C[C@@H](C/C=C(\C)[C@H](OC(=O)C3(c4ccc(NC(=O)COC)cc4)CCCC3)[C@@H](C)/C=C/C=C3\CO[C@@H]4[C@H](O)C(C)=C[C@@H](C(=O)O1)[C@]34O)O2. The molecule has 1 aromatic rings. The fraction of sp³-hybridized carbons (Fsp3) is 0.638. The van der Waals surface area contributed by atoms with Crippen LogP contribution in [-0.2, 0) is 48.2 Å². The summed E-state index contributed by atoms with van der Waals surface area (Å²) in [4.78, 5) is 41.1. The molecule has 1 saturated carbocycles. The predicted molar refractivity (Wildman–Crippen MR) is 220 cm³/mol. The highest BCUT2D eigenvalue weighted by molar-refractivity contribution is 5.92. The molecule has 2 bridgehead atoms. The van der Waals surface area contributed by atoms with Crippen molar-refractivity contribution in [1.82, 2.24) is 0 Å². The molecule has 3 N–H and O–H groups in total. The number of ether oxygens (including phenoxy) is 6. The number of carbonyl (C=O) groups excluding carboxylic acids is 3. The fourth-order valence-electron chi connectivity index (χ4n) is 10.4. The first-order valence-electron chi connectivity index (χ1n) is 21.6. The molecule has 6 aliphatic rings. The van der Waals surface area contributed by atoms with Gasteiger partial charge in [0.25, 0.3) is 0 Å². The summed E-state index contributed by atoms with van der Waals surface area (Å²) in [6, 6.07) is 7.42. The Labute approximate surface area is 348 Å². The van der Waals surface area contributed by atoms with Crippen LogP contribution in [0.15, 0.2) is 71.4 Å². The third-order valence-electron chi connectivity index (χ3n) is 13.8. The largest absolute Gasteiger partial charge is 0.462 e. The van der Waals surface area contributed by atoms with Gasteiger partial charge in [0.1, 0.15) is 42.5 Å². The molecule has 4 heterocycles. The molecule has 322 valence electrons. The van der Waals surface area contributed by atoms with Crippen LogP contribution < -0.4 is 5.32 Å². The molecule has 12 heteroatoms. The van der Waals surface area contributed by atoms with Crippen LogP contribution in [0.3, 0.4) is 0 Å². The van der Waals surface area contributed by atoms with Gasteiger partial charge in [-0.3, -0.25) is 14.4 Å². The Balaban J connectivity index is 1.23. The number of methoxy groups -OCH3 is 1. The summed E-state index contributed by atoms with van der Waals surface area (Å²) < 4.78 is 37.6. The Morgan fingerprint density at radius 3 is 2.47 bits per heavy atom. The minimum absolute atomic E-state index is 0.00541. The number of anilines is 1. The highest BCUT2D eigenvalue weighted by Crippen LogP contribution is 2.48. The first-order chi connectivity index (χ1) is 28.2. The van der Waals surface area contributed by atoms with Gasteiger partial charge in [-0.05, 0) is 86.3 Å². The average Bonchev–Trinajstić information content (AvgIpc) is 3.84. The lowest BCUT2D eigenvalue weighted by Gasteiger charge is -2.50. The summed E-state index contributed by atoms with van der Waals surface area (Å²) in [5.41, 5.74) is 0.622. The number of rotatable bonds is 7. The zero-order valence-corrected chi connectivity index (χ0v) is 35.4. The van der Waals surface area contributed by atoms with Gasteiger partial charge in [-0.1, -0.05) is 76.1 Å². The third-order valence-corrected chi connectivity index (χ3v) is 13.8. The molecule has 4 aliphatic heterocycles. The first-order valence-corrected chi connectivity index (χ1v) is 21.6. The second-order valence-corrected chi connectivity index (χ2v) is 17.9. The monoisotopic (exact) mass is 817 g/mol. The van der Waals surface area contributed by atoms with Crippen molar-refractivity contribution >= 4 is 23.5 Å². The lowest BCUT2D eigenvalue weighted by atomic mass is 9.71. The van der Waals surface area contributed by atoms with Crippen molar-refractivity contribution in [1.29, 1.82) is 0 Å². The average molecular weight is 818 g/mol. The van der Waals surface area contributed by atoms with E-state index in [2.05, 4.69) is 25.2 Å². The molecule has 59 heavy (non-hydrogen) atoms. The minimum atomic E-state index is -1.84. The van der Waals surface area contributed by atoms with Crippen LogP contribution in [0.25, 0.3) is 0 Å². The molecule has 1 spiro atoms. The first kappa shape index (κ1) is 43.4. The molecule has 0 aromatic heterocycles. The van der Waals surface area contributed by atoms with Crippen molar-refractivity contribution in [3.8, 4) is 0 Å². The molecule has 7 rings (SSSR count). The summed E-state index contributed by atoms with van der Waals surface area (Å²) in [7, 11) is 1.47. The zero-order valence-electron chi connectivity index (χ0n) is 35.4. The van der Waals surface area contributed by atoms with E-state index in [0.717, 1.165) is 36.8 Å². The standard InChI is InChI=1S/C47H63NO11/c1-7-38-28(2)19-22-46(59-38)25-36-24-35(58-46)18-13-30(4)41(57-44(52)45(20-8-9-21-45)32-14-16-34(17-15-32)48-39(49)27-54-6)29(3)11-10-12-33-26-55-42-40(50)31(5)23-37(43(51)56-36)47(33,42)53/h10-17,23,28-29,35-38,40-42,50,53H,7-9,18-22,24-27H2,1-6H3,(H,48,49)/b11-10+,30-13+,33-12+/t28-,29-,35+,36-,37-,38+,40+,41+,42+,46+,47+/m0/s1. The predicted octanol–water partition coefficient (Wildman–Crippen LogP) is 6.54. The number of aliphatic hydroxyl groups is 2. The molecule has 1 aromatic carbocycles. The summed E-state index contributed by atoms with van der Waals surface area (Å²) in [6.07, 6.45) is 12.1. The maximum atomic E-state index is 14.6. The normalized spacial score (nSPS) is 39.4. The Morgan fingerprint density at radius 1 is 1.02 bits per heavy atom. The highest BCUT2D eigenvalue weighted by Gasteiger charge is 2.60. The summed E-state index contributed by atoms with van der Waals surface area (Å²) >= 11 is 0. The van der Waals surface area contributed by atoms with Crippen LogP contribution in [0.2, 0.25) is 0 Å². The van der Waals surface area contributed by atoms with E-state index >= 15 is 0 Å². The second kappa shape index (κ2) is 17.8. The number of amides is 1. The number of carbonyl (C=O) groups is 3. The maximum absolute atomic E-state index is 14.6. The number of benzene rings is 1. The minimum Gasteiger partial charge on any atom is -0.462 e. The quantitative estimate of drug-likeness (QED) is 0.203. The third kappa shape index (κ3) is 8.63. The molecule has 0 radical (unpaired) electrons. The topological polar surface area (TPSA) is 159 Å². The highest BCUT2D eigenvalue weighted by atomic mass is 16.7. The zero-order chi connectivity index (χ0) is 42.1. The molecule has 1 amide bonds. The maximum Gasteiger partial charge on any atom is 0.317 e. The lowest BCUT2D eigenvalue weighted by Crippen LogP contribution is -2.58. The molecular weight excluding hydrogens is 755 g/mol. The van der Waals surface area contributed by atoms with E-state index in [1.807, 2.05) is 44.2 Å². The Morgan fingerprint density at radius 2 is 1.76 bits per heavy atom. The van der Waals surface area contributed by atoms with E-state index in [0.29, 0.717) is 61.3 Å². The van der Waals surface area contributed by atoms with Crippen molar-refractivity contribution < 1.29 is 53.0 Å². The van der Waals surface area contributed by atoms with Gasteiger partial charge in [-0.15, -0.1) is 0 Å². The lowest BCUT2D eigenvalue weighted by molar-refractivity contribution is -0.335. The Kier molecular flexibility index (Phi) is 13.1. The number of hydrogen-bond donors (Lipinski definition) is 3. The van der Waals surface area contributed by atoms with E-state index in [4.69, 9.17) is 28.4 Å². The van der Waals surface area contributed by atoms with Gasteiger partial charge in [0.2, 0.25) is 5.91 Å². The number of allylic oxidation sites excluding steroid dienone is 2. The van der Waals surface area contributed by atoms with E-state index < -0.39 is 53.1 Å². The molecule has 0 unspecified atom stereocenters. The van der Waals surface area contributed by atoms with Crippen LogP contribution in [0, 0.1) is 17.8 Å². The van der Waals surface area contributed by atoms with Crippen LogP contribution in [0.4, 0.5) is 5.69 Å². The van der Waals surface area contributed by atoms with Gasteiger partial charge in [0, 0.05) is 38.0 Å². The summed E-state index contributed by atoms with van der Waals surface area (Å²) in [5.74, 6) is -3.13. The molecular formula is C47H63NO11.